The van der Waals surface area contributed by atoms with Gasteiger partial charge in [0.2, 0.25) is 0 Å². The van der Waals surface area contributed by atoms with Gasteiger partial charge < -0.3 is 4.90 Å². The van der Waals surface area contributed by atoms with Crippen molar-refractivity contribution >= 4 is 18.3 Å². The summed E-state index contributed by atoms with van der Waals surface area (Å²) >= 11 is 0. The maximum absolute atomic E-state index is 13.2. The quantitative estimate of drug-likeness (QED) is 0.0164. The van der Waals surface area contributed by atoms with E-state index < -0.39 is 0 Å². The zero-order valence-corrected chi connectivity index (χ0v) is 44.8. The Morgan fingerprint density at radius 2 is 1.60 bits per heavy atom. The molecule has 5 heteroatoms. The van der Waals surface area contributed by atoms with Gasteiger partial charge in [-0.15, -0.1) is 6.42 Å². The van der Waals surface area contributed by atoms with Crippen LogP contribution in [-0.2, 0) is 9.59 Å². The fourth-order valence-electron chi connectivity index (χ4n) is 11.4. The van der Waals surface area contributed by atoms with Gasteiger partial charge in [-0.25, -0.2) is 0 Å². The molecule has 0 aromatic rings. The van der Waals surface area contributed by atoms with Crippen molar-refractivity contribution in [2.45, 2.75) is 203 Å². The van der Waals surface area contributed by atoms with E-state index in [1.165, 1.54) is 48.8 Å². The smallest absolute Gasteiger partial charge is 0.152 e. The van der Waals surface area contributed by atoms with E-state index in [1.807, 2.05) is 11.2 Å². The third kappa shape index (κ3) is 19.9. The number of nitrogens with zero attached hydrogens (tertiary/aromatic N) is 3. The Hall–Kier alpha value is -3.91. The molecule has 1 saturated heterocycles. The van der Waals surface area contributed by atoms with E-state index in [0.29, 0.717) is 53.8 Å². The van der Waals surface area contributed by atoms with Crippen molar-refractivity contribution in [1.29, 1.82) is 0 Å². The van der Waals surface area contributed by atoms with Crippen LogP contribution in [0.1, 0.15) is 191 Å². The summed E-state index contributed by atoms with van der Waals surface area (Å²) in [4.78, 5) is 27.7. The van der Waals surface area contributed by atoms with Crippen molar-refractivity contribution in [3.05, 3.63) is 97.0 Å². The van der Waals surface area contributed by atoms with Gasteiger partial charge in [0.05, 0.1) is 12.1 Å². The highest BCUT2D eigenvalue weighted by Crippen LogP contribution is 2.38. The van der Waals surface area contributed by atoms with Crippen molar-refractivity contribution in [1.82, 2.24) is 9.91 Å². The normalized spacial score (nSPS) is 22.6. The second-order valence-corrected chi connectivity index (χ2v) is 21.1. The van der Waals surface area contributed by atoms with Crippen LogP contribution in [0.25, 0.3) is 0 Å². The van der Waals surface area contributed by atoms with Gasteiger partial charge in [0.1, 0.15) is 5.78 Å². The number of carbonyl (C=O) groups is 2. The largest absolute Gasteiger partial charge is 0.362 e. The van der Waals surface area contributed by atoms with Gasteiger partial charge >= 0.3 is 0 Å². The molecule has 0 aromatic heterocycles. The van der Waals surface area contributed by atoms with Crippen LogP contribution in [0.15, 0.2) is 102 Å². The average Bonchev–Trinajstić information content (AvgIpc) is 3.31. The van der Waals surface area contributed by atoms with Crippen LogP contribution in [0.4, 0.5) is 0 Å². The second-order valence-electron chi connectivity index (χ2n) is 21.1. The van der Waals surface area contributed by atoms with E-state index in [-0.39, 0.29) is 23.7 Å². The summed E-state index contributed by atoms with van der Waals surface area (Å²) in [5, 5.41) is 6.15. The number of ketones is 2. The Balaban J connectivity index is 1.77. The molecule has 5 nitrogen and oxygen atoms in total. The molecule has 0 bridgehead atoms. The van der Waals surface area contributed by atoms with Crippen LogP contribution in [0.3, 0.4) is 0 Å². The number of carbonyl (C=O) groups excluding carboxylic acids is 2. The maximum Gasteiger partial charge on any atom is 0.152 e. The number of unbranched alkanes of at least 4 members (excludes halogenated alkanes) is 2. The first-order valence-electron chi connectivity index (χ1n) is 26.9. The molecule has 0 N–H and O–H groups in total. The zero-order chi connectivity index (χ0) is 50.1. The fraction of sp³-hybridized carbons (Fsp3) is 0.661. The average molecular weight is 918 g/mol. The van der Waals surface area contributed by atoms with Crippen molar-refractivity contribution in [2.75, 3.05) is 6.54 Å². The van der Waals surface area contributed by atoms with E-state index in [9.17, 15) is 9.59 Å². The number of piperidine rings is 1. The lowest BCUT2D eigenvalue weighted by Crippen LogP contribution is -2.43. The summed E-state index contributed by atoms with van der Waals surface area (Å²) in [6.07, 6.45) is 41.9. The van der Waals surface area contributed by atoms with Crippen LogP contribution >= 0.6 is 0 Å². The predicted octanol–water partition coefficient (Wildman–Crippen LogP) is 16.6. The number of rotatable bonds is 33. The number of hydrogen-bond donors (Lipinski definition) is 0. The number of Topliss-reactive ketones (excluding diaryl/α,β-unsaturated/α-hetero) is 2. The fourth-order valence-corrected chi connectivity index (χ4v) is 11.4. The molecule has 67 heavy (non-hydrogen) atoms. The topological polar surface area (TPSA) is 53.0 Å². The van der Waals surface area contributed by atoms with E-state index in [2.05, 4.69) is 148 Å². The van der Waals surface area contributed by atoms with Crippen LogP contribution < -0.4 is 0 Å². The minimum atomic E-state index is -0.102. The summed E-state index contributed by atoms with van der Waals surface area (Å²) in [6, 6.07) is 0.320. The number of terminal acetylenes is 1. The molecule has 1 aliphatic carbocycles. The predicted molar refractivity (Wildman–Crippen MR) is 292 cm³/mol. The highest BCUT2D eigenvalue weighted by Gasteiger charge is 2.33. The van der Waals surface area contributed by atoms with Gasteiger partial charge in [-0.2, -0.15) is 5.10 Å². The molecule has 374 valence electrons. The van der Waals surface area contributed by atoms with Crippen LogP contribution in [0, 0.1) is 65.6 Å². The SMILES string of the molecule is C#CC(C(=C)C(=C)N1CCCCC1C(C)=O)C(C)CCCC[C@H](CC)/C(C)=C/C=C/C=C/[C@@H](C)CC(C)C(=C)C(CC)C/C(C)=C/[C@@H](C)C(=O)CCCCC1CCC(N(C=C)N=C)C(CC)C1. The minimum absolute atomic E-state index is 0.0377. The summed E-state index contributed by atoms with van der Waals surface area (Å²) in [5.74, 6) is 7.03. The first-order valence-corrected chi connectivity index (χ1v) is 26.9. The van der Waals surface area contributed by atoms with Crippen LogP contribution in [0.2, 0.25) is 0 Å². The number of allylic oxidation sites excluding steroid dienone is 10. The zero-order valence-electron chi connectivity index (χ0n) is 44.8. The third-order valence-corrected chi connectivity index (χ3v) is 16.0. The lowest BCUT2D eigenvalue weighted by Gasteiger charge is -2.39. The Morgan fingerprint density at radius 3 is 2.22 bits per heavy atom. The molecular weight excluding hydrogens is 819 g/mol. The van der Waals surface area contributed by atoms with Crippen molar-refractivity contribution in [3.8, 4) is 12.3 Å². The monoisotopic (exact) mass is 918 g/mol. The Morgan fingerprint density at radius 1 is 0.896 bits per heavy atom. The molecular formula is C62H99N3O2. The number of hydrazone groups is 1. The molecule has 0 amide bonds. The number of likely N-dealkylation sites (tertiary alicyclic amines) is 1. The highest BCUT2D eigenvalue weighted by atomic mass is 16.1. The summed E-state index contributed by atoms with van der Waals surface area (Å²) in [7, 11) is 0. The molecule has 1 saturated carbocycles. The molecule has 0 aromatic carbocycles. The van der Waals surface area contributed by atoms with E-state index in [0.717, 1.165) is 107 Å². The third-order valence-electron chi connectivity index (χ3n) is 16.0. The standard InChI is InChI=1S/C62H99N3O2/c1-17-56(35-27-25-33-48(9)59(20-4)52(13)53(14)64-40-30-29-36-60(64)54(15)66)47(8)32-24-22-23-31-45(6)41-49(10)51(12)57(18-2)43-46(7)42-50(11)62(67)37-28-26-34-55-38-39-61(58(19-3)44-55)65(21-5)63-16/h4,21-24,31-32,42,45,48-50,55-61H,5,12-14,16-19,25-30,33-41,43-44H2,1-3,6-11,15H3/b24-22+,31-23+,46-42+,47-32+/t45-,48?,49?,50-,55?,56+,57?,58?,59?,60?,61?/m1/s1. The van der Waals surface area contributed by atoms with E-state index in [4.69, 9.17) is 6.42 Å². The lowest BCUT2D eigenvalue weighted by atomic mass is 9.74. The Labute approximate surface area is 413 Å². The molecule has 1 aliphatic heterocycles. The summed E-state index contributed by atoms with van der Waals surface area (Å²) in [6.45, 7) is 43.9. The Kier molecular flexibility index (Phi) is 28.3. The van der Waals surface area contributed by atoms with Crippen molar-refractivity contribution < 1.29 is 9.59 Å². The van der Waals surface area contributed by atoms with Crippen molar-refractivity contribution in [2.24, 2.45) is 58.4 Å². The van der Waals surface area contributed by atoms with Crippen LogP contribution in [0.5, 0.6) is 0 Å². The summed E-state index contributed by atoms with van der Waals surface area (Å²) in [5.41, 5.74) is 5.84. The molecule has 2 aliphatic rings. The van der Waals surface area contributed by atoms with E-state index >= 15 is 0 Å². The highest BCUT2D eigenvalue weighted by molar-refractivity contribution is 5.82. The Bertz CT molecular complexity index is 1740. The second kappa shape index (κ2) is 32.0. The van der Waals surface area contributed by atoms with Crippen LogP contribution in [-0.4, -0.2) is 46.8 Å². The summed E-state index contributed by atoms with van der Waals surface area (Å²) < 4.78 is 0. The maximum atomic E-state index is 13.2. The van der Waals surface area contributed by atoms with Gasteiger partial charge in [0.25, 0.3) is 0 Å². The molecule has 2 fully saturated rings. The van der Waals surface area contributed by atoms with Gasteiger partial charge in [0, 0.05) is 43.4 Å². The first kappa shape index (κ1) is 59.2. The molecule has 8 unspecified atom stereocenters. The van der Waals surface area contributed by atoms with Crippen molar-refractivity contribution in [3.63, 3.8) is 0 Å². The molecule has 1 heterocycles. The molecule has 11 atom stereocenters. The molecule has 0 spiro atoms. The van der Waals surface area contributed by atoms with Gasteiger partial charge in [-0.3, -0.25) is 14.6 Å². The van der Waals surface area contributed by atoms with E-state index in [1.54, 1.807) is 6.92 Å². The van der Waals surface area contributed by atoms with Gasteiger partial charge in [-0.05, 0) is 151 Å². The molecule has 2 rings (SSSR count). The molecule has 0 radical (unpaired) electrons. The first-order chi connectivity index (χ1) is 32.0. The lowest BCUT2D eigenvalue weighted by molar-refractivity contribution is -0.122. The number of hydrogen-bond acceptors (Lipinski definition) is 5. The van der Waals surface area contributed by atoms with Gasteiger partial charge in [0.15, 0.2) is 5.78 Å². The minimum Gasteiger partial charge on any atom is -0.362 e. The van der Waals surface area contributed by atoms with Gasteiger partial charge in [-0.1, -0.05) is 166 Å².